The van der Waals surface area contributed by atoms with E-state index in [0.717, 1.165) is 0 Å². The highest BCUT2D eigenvalue weighted by atomic mass is 35.5. The molecule has 0 aliphatic rings. The van der Waals surface area contributed by atoms with E-state index in [9.17, 15) is 14.7 Å². The molecule has 0 radical (unpaired) electrons. The van der Waals surface area contributed by atoms with E-state index in [0.29, 0.717) is 0 Å². The Hall–Kier alpha value is -1.30. The van der Waals surface area contributed by atoms with E-state index in [2.05, 4.69) is 5.32 Å². The first kappa shape index (κ1) is 14.8. The Morgan fingerprint density at radius 2 is 1.72 bits per heavy atom. The molecular weight excluding hydrogens is 281 g/mol. The predicted octanol–water partition coefficient (Wildman–Crippen LogP) is 1.62. The number of aliphatic hydroxyl groups excluding tert-OH is 1. The quantitative estimate of drug-likeness (QED) is 0.787. The molecule has 7 heteroatoms. The lowest BCUT2D eigenvalue weighted by Crippen LogP contribution is -2.41. The van der Waals surface area contributed by atoms with E-state index in [1.54, 1.807) is 0 Å². The fraction of sp³-hybridized carbons (Fsp3) is 0.273. The number of carboxylic acid groups (broad SMARTS) is 1. The lowest BCUT2D eigenvalue weighted by molar-refractivity contribution is -0.142. The van der Waals surface area contributed by atoms with Gasteiger partial charge in [0.25, 0.3) is 5.91 Å². The third-order valence-corrected chi connectivity index (χ3v) is 2.61. The smallest absolute Gasteiger partial charge is 0.325 e. The largest absolute Gasteiger partial charge is 0.480 e. The number of hydrogen-bond acceptors (Lipinski definition) is 3. The van der Waals surface area contributed by atoms with Crippen molar-refractivity contribution in [3.05, 3.63) is 33.8 Å². The van der Waals surface area contributed by atoms with Crippen LogP contribution in [0.2, 0.25) is 10.0 Å². The van der Waals surface area contributed by atoms with Gasteiger partial charge in [-0.05, 0) is 30.7 Å². The van der Waals surface area contributed by atoms with Gasteiger partial charge in [0.1, 0.15) is 6.04 Å². The van der Waals surface area contributed by atoms with Crippen LogP contribution >= 0.6 is 23.2 Å². The molecule has 1 aromatic rings. The molecule has 0 aliphatic heterocycles. The van der Waals surface area contributed by atoms with Gasteiger partial charge in [-0.3, -0.25) is 9.59 Å². The van der Waals surface area contributed by atoms with Crippen molar-refractivity contribution in [2.75, 3.05) is 0 Å². The van der Waals surface area contributed by atoms with Crippen LogP contribution in [0.25, 0.3) is 0 Å². The van der Waals surface area contributed by atoms with Crippen LogP contribution in [0.3, 0.4) is 0 Å². The first-order valence-corrected chi connectivity index (χ1v) is 5.74. The van der Waals surface area contributed by atoms with Crippen LogP contribution in [0.15, 0.2) is 18.2 Å². The molecule has 0 fully saturated rings. The van der Waals surface area contributed by atoms with Gasteiger partial charge in [-0.15, -0.1) is 0 Å². The summed E-state index contributed by atoms with van der Waals surface area (Å²) in [6.45, 7) is 1.29. The van der Waals surface area contributed by atoms with Gasteiger partial charge in [-0.1, -0.05) is 23.2 Å². The molecule has 98 valence electrons. The Balaban J connectivity index is 2.83. The minimum absolute atomic E-state index is 0.197. The van der Waals surface area contributed by atoms with Crippen molar-refractivity contribution in [3.63, 3.8) is 0 Å². The first-order chi connectivity index (χ1) is 8.31. The van der Waals surface area contributed by atoms with Gasteiger partial charge in [0.2, 0.25) is 0 Å². The van der Waals surface area contributed by atoms with Gasteiger partial charge < -0.3 is 15.5 Å². The minimum atomic E-state index is -1.53. The van der Waals surface area contributed by atoms with Gasteiger partial charge in [0.05, 0.1) is 0 Å². The standard InChI is InChI=1S/C11H11Cl2NO4/c1-5(11(17)18)14-10(16)9(15)6-2-7(12)4-8(13)3-6/h2-5,9,15H,1H3,(H,14,16)(H,17,18). The van der Waals surface area contributed by atoms with Crippen LogP contribution in [0.5, 0.6) is 0 Å². The van der Waals surface area contributed by atoms with Crippen LogP contribution in [0.4, 0.5) is 0 Å². The summed E-state index contributed by atoms with van der Waals surface area (Å²) in [5, 5.41) is 21.1. The zero-order chi connectivity index (χ0) is 13.9. The molecule has 0 aliphatic carbocycles. The second-order valence-electron chi connectivity index (χ2n) is 3.67. The van der Waals surface area contributed by atoms with Crippen molar-refractivity contribution in [2.45, 2.75) is 19.1 Å². The average molecular weight is 292 g/mol. The molecule has 5 nitrogen and oxygen atoms in total. The molecule has 0 saturated heterocycles. The van der Waals surface area contributed by atoms with Crippen molar-refractivity contribution in [1.29, 1.82) is 0 Å². The van der Waals surface area contributed by atoms with Gasteiger partial charge in [-0.2, -0.15) is 0 Å². The molecule has 0 bridgehead atoms. The molecule has 2 unspecified atom stereocenters. The summed E-state index contributed by atoms with van der Waals surface area (Å²) in [5.41, 5.74) is 0.197. The fourth-order valence-electron chi connectivity index (χ4n) is 1.24. The molecule has 3 N–H and O–H groups in total. The second kappa shape index (κ2) is 6.04. The highest BCUT2D eigenvalue weighted by Crippen LogP contribution is 2.23. The summed E-state index contributed by atoms with van der Waals surface area (Å²) in [6, 6.07) is 3.12. The Kier molecular flexibility index (Phi) is 4.95. The zero-order valence-corrected chi connectivity index (χ0v) is 10.9. The molecular formula is C11H11Cl2NO4. The lowest BCUT2D eigenvalue weighted by atomic mass is 10.1. The van der Waals surface area contributed by atoms with Gasteiger partial charge in [0, 0.05) is 10.0 Å². The second-order valence-corrected chi connectivity index (χ2v) is 4.55. The molecule has 1 amide bonds. The highest BCUT2D eigenvalue weighted by molar-refractivity contribution is 6.34. The number of amides is 1. The predicted molar refractivity (Wildman–Crippen MR) is 66.7 cm³/mol. The molecule has 1 aromatic carbocycles. The molecule has 2 atom stereocenters. The van der Waals surface area contributed by atoms with Gasteiger partial charge >= 0.3 is 5.97 Å². The average Bonchev–Trinajstić information content (AvgIpc) is 2.26. The number of rotatable bonds is 4. The van der Waals surface area contributed by atoms with E-state index < -0.39 is 24.0 Å². The number of aliphatic hydroxyl groups is 1. The maximum Gasteiger partial charge on any atom is 0.325 e. The number of hydrogen-bond donors (Lipinski definition) is 3. The Labute approximate surface area is 113 Å². The van der Waals surface area contributed by atoms with Crippen LogP contribution in [-0.2, 0) is 9.59 Å². The lowest BCUT2D eigenvalue weighted by Gasteiger charge is -2.14. The molecule has 0 aromatic heterocycles. The third-order valence-electron chi connectivity index (χ3n) is 2.18. The molecule has 1 rings (SSSR count). The Morgan fingerprint density at radius 3 is 2.17 bits per heavy atom. The van der Waals surface area contributed by atoms with Crippen molar-refractivity contribution < 1.29 is 19.8 Å². The topological polar surface area (TPSA) is 86.6 Å². The van der Waals surface area contributed by atoms with E-state index >= 15 is 0 Å². The number of carbonyl (C=O) groups is 2. The summed E-state index contributed by atoms with van der Waals surface area (Å²) >= 11 is 11.5. The normalized spacial score (nSPS) is 13.8. The SMILES string of the molecule is CC(NC(=O)C(O)c1cc(Cl)cc(Cl)c1)C(=O)O. The number of aliphatic carboxylic acids is 1. The molecule has 0 spiro atoms. The maximum atomic E-state index is 11.6. The van der Waals surface area contributed by atoms with E-state index in [1.807, 2.05) is 0 Å². The molecule has 0 saturated carbocycles. The third kappa shape index (κ3) is 3.87. The van der Waals surface area contributed by atoms with Crippen LogP contribution in [0, 0.1) is 0 Å². The van der Waals surface area contributed by atoms with Crippen LogP contribution in [0.1, 0.15) is 18.6 Å². The van der Waals surface area contributed by atoms with Crippen molar-refractivity contribution in [2.24, 2.45) is 0 Å². The van der Waals surface area contributed by atoms with Crippen LogP contribution < -0.4 is 5.32 Å². The maximum absolute atomic E-state index is 11.6. The highest BCUT2D eigenvalue weighted by Gasteiger charge is 2.22. The summed E-state index contributed by atoms with van der Waals surface area (Å²) in [5.74, 6) is -2.03. The minimum Gasteiger partial charge on any atom is -0.480 e. The van der Waals surface area contributed by atoms with Crippen molar-refractivity contribution in [3.8, 4) is 0 Å². The van der Waals surface area contributed by atoms with E-state index in [4.69, 9.17) is 28.3 Å². The van der Waals surface area contributed by atoms with Gasteiger partial charge in [-0.25, -0.2) is 0 Å². The van der Waals surface area contributed by atoms with E-state index in [-0.39, 0.29) is 15.6 Å². The van der Waals surface area contributed by atoms with Crippen LogP contribution in [-0.4, -0.2) is 28.1 Å². The molecule has 18 heavy (non-hydrogen) atoms. The van der Waals surface area contributed by atoms with Gasteiger partial charge in [0.15, 0.2) is 6.10 Å². The van der Waals surface area contributed by atoms with Crippen molar-refractivity contribution >= 4 is 35.1 Å². The first-order valence-electron chi connectivity index (χ1n) is 4.98. The zero-order valence-electron chi connectivity index (χ0n) is 9.35. The summed E-state index contributed by atoms with van der Waals surface area (Å²) < 4.78 is 0. The van der Waals surface area contributed by atoms with E-state index in [1.165, 1.54) is 25.1 Å². The number of carbonyl (C=O) groups excluding carboxylic acids is 1. The fourth-order valence-corrected chi connectivity index (χ4v) is 1.78. The number of benzene rings is 1. The number of nitrogens with one attached hydrogen (secondary N) is 1. The Morgan fingerprint density at radius 1 is 1.22 bits per heavy atom. The summed E-state index contributed by atoms with van der Waals surface area (Å²) in [6.07, 6.45) is -1.53. The summed E-state index contributed by atoms with van der Waals surface area (Å²) in [4.78, 5) is 22.1. The van der Waals surface area contributed by atoms with Crippen molar-refractivity contribution in [1.82, 2.24) is 5.32 Å². The summed E-state index contributed by atoms with van der Waals surface area (Å²) in [7, 11) is 0. The Bertz CT molecular complexity index is 458. The number of halogens is 2. The molecule has 0 heterocycles. The number of carboxylic acids is 1. The monoisotopic (exact) mass is 291 g/mol.